The van der Waals surface area contributed by atoms with Gasteiger partial charge in [-0.2, -0.15) is 0 Å². The van der Waals surface area contributed by atoms with Crippen molar-refractivity contribution in [3.05, 3.63) is 75.8 Å². The van der Waals surface area contributed by atoms with Crippen LogP contribution in [0.5, 0.6) is 5.75 Å². The third kappa shape index (κ3) is 4.70. The number of carbonyl (C=O) groups excluding carboxylic acids is 1. The number of fused-ring (bicyclic) bond motifs is 1. The van der Waals surface area contributed by atoms with Gasteiger partial charge >= 0.3 is 0 Å². The first-order valence-electron chi connectivity index (χ1n) is 9.47. The number of rotatable bonds is 4. The highest BCUT2D eigenvalue weighted by atomic mass is 35.5. The van der Waals surface area contributed by atoms with Crippen LogP contribution < -0.4 is 15.4 Å². The Bertz CT molecular complexity index is 1340. The molecule has 162 valence electrons. The van der Waals surface area contributed by atoms with E-state index in [1.54, 1.807) is 43.5 Å². The van der Waals surface area contributed by atoms with Crippen LogP contribution >= 0.6 is 35.4 Å². The predicted molar refractivity (Wildman–Crippen MR) is 131 cm³/mol. The second-order valence-corrected chi connectivity index (χ2v) is 8.17. The van der Waals surface area contributed by atoms with E-state index in [9.17, 15) is 4.79 Å². The smallest absolute Gasteiger partial charge is 0.257 e. The van der Waals surface area contributed by atoms with E-state index in [1.807, 2.05) is 25.1 Å². The van der Waals surface area contributed by atoms with Crippen LogP contribution in [0.2, 0.25) is 10.0 Å². The van der Waals surface area contributed by atoms with Crippen LogP contribution in [0.25, 0.3) is 22.6 Å². The van der Waals surface area contributed by atoms with E-state index < -0.39 is 0 Å². The zero-order chi connectivity index (χ0) is 22.8. The van der Waals surface area contributed by atoms with Crippen molar-refractivity contribution >= 4 is 63.2 Å². The van der Waals surface area contributed by atoms with Gasteiger partial charge in [-0.1, -0.05) is 29.3 Å². The van der Waals surface area contributed by atoms with Crippen molar-refractivity contribution < 1.29 is 13.9 Å². The molecule has 0 saturated carbocycles. The molecule has 6 nitrogen and oxygen atoms in total. The van der Waals surface area contributed by atoms with Crippen molar-refractivity contribution in [3.63, 3.8) is 0 Å². The molecule has 4 aromatic rings. The fourth-order valence-corrected chi connectivity index (χ4v) is 3.77. The molecule has 2 N–H and O–H groups in total. The summed E-state index contributed by atoms with van der Waals surface area (Å²) >= 11 is 17.6. The molecule has 1 amide bonds. The number of halogens is 2. The second-order valence-electron chi connectivity index (χ2n) is 6.92. The third-order valence-electron chi connectivity index (χ3n) is 4.72. The number of benzene rings is 3. The summed E-state index contributed by atoms with van der Waals surface area (Å²) in [6.07, 6.45) is 0. The number of thiocarbonyl (C=S) groups is 1. The van der Waals surface area contributed by atoms with Gasteiger partial charge in [0.15, 0.2) is 10.7 Å². The molecule has 0 aliphatic heterocycles. The molecule has 4 rings (SSSR count). The number of methoxy groups -OCH3 is 1. The summed E-state index contributed by atoms with van der Waals surface area (Å²) in [6.45, 7) is 1.92. The quantitative estimate of drug-likeness (QED) is 0.333. The molecular weight excluding hydrogens is 469 g/mol. The van der Waals surface area contributed by atoms with Crippen molar-refractivity contribution in [3.8, 4) is 17.2 Å². The molecular formula is C23H17Cl2N3O3S. The van der Waals surface area contributed by atoms with Crippen LogP contribution in [0.3, 0.4) is 0 Å². The van der Waals surface area contributed by atoms with Gasteiger partial charge in [0.25, 0.3) is 5.91 Å². The van der Waals surface area contributed by atoms with Gasteiger partial charge in [0.05, 0.1) is 12.1 Å². The summed E-state index contributed by atoms with van der Waals surface area (Å²) in [6, 6.07) is 15.6. The van der Waals surface area contributed by atoms with E-state index in [0.29, 0.717) is 49.6 Å². The van der Waals surface area contributed by atoms with Gasteiger partial charge in [-0.05, 0) is 73.2 Å². The molecule has 9 heteroatoms. The Kier molecular flexibility index (Phi) is 6.32. The maximum atomic E-state index is 12.4. The molecule has 0 fully saturated rings. The van der Waals surface area contributed by atoms with Crippen molar-refractivity contribution in [1.82, 2.24) is 10.3 Å². The minimum atomic E-state index is -0.329. The van der Waals surface area contributed by atoms with E-state index in [2.05, 4.69) is 15.6 Å². The highest BCUT2D eigenvalue weighted by Crippen LogP contribution is 2.33. The van der Waals surface area contributed by atoms with Crippen molar-refractivity contribution in [2.75, 3.05) is 12.4 Å². The van der Waals surface area contributed by atoms with Gasteiger partial charge < -0.3 is 14.5 Å². The standard InChI is InChI=1S/C23H17Cl2N3O3S/c1-12-3-4-14(22-26-19-11-15(24)10-17(25)20(19)31-22)9-18(12)27-23(32)28-21(29)13-5-7-16(30-2)8-6-13/h3-11H,1-2H3,(H2,27,28,29,32). The number of nitrogens with one attached hydrogen (secondary N) is 2. The number of hydrogen-bond acceptors (Lipinski definition) is 5. The van der Waals surface area contributed by atoms with Gasteiger partial charge in [0.1, 0.15) is 11.3 Å². The minimum Gasteiger partial charge on any atom is -0.497 e. The first kappa shape index (κ1) is 22.1. The van der Waals surface area contributed by atoms with Crippen LogP contribution in [-0.2, 0) is 0 Å². The number of oxazole rings is 1. The summed E-state index contributed by atoms with van der Waals surface area (Å²) in [5.41, 5.74) is 3.83. The highest BCUT2D eigenvalue weighted by Gasteiger charge is 2.14. The third-order valence-corrected chi connectivity index (χ3v) is 5.42. The average molecular weight is 486 g/mol. The van der Waals surface area contributed by atoms with Crippen LogP contribution in [0.4, 0.5) is 5.69 Å². The van der Waals surface area contributed by atoms with Crippen LogP contribution in [0.1, 0.15) is 15.9 Å². The summed E-state index contributed by atoms with van der Waals surface area (Å²) in [7, 11) is 1.56. The van der Waals surface area contributed by atoms with E-state index in [1.165, 1.54) is 0 Å². The number of aromatic nitrogens is 1. The molecule has 0 aliphatic carbocycles. The first-order chi connectivity index (χ1) is 15.3. The Morgan fingerprint density at radius 3 is 2.56 bits per heavy atom. The van der Waals surface area contributed by atoms with Crippen LogP contribution in [0, 0.1) is 6.92 Å². The Balaban J connectivity index is 1.53. The minimum absolute atomic E-state index is 0.165. The molecule has 0 bridgehead atoms. The van der Waals surface area contributed by atoms with Gasteiger partial charge in [0, 0.05) is 21.8 Å². The molecule has 0 unspecified atom stereocenters. The molecule has 1 aromatic heterocycles. The Labute approximate surface area is 199 Å². The molecule has 1 heterocycles. The summed E-state index contributed by atoms with van der Waals surface area (Å²) in [4.78, 5) is 16.9. The number of carbonyl (C=O) groups is 1. The zero-order valence-corrected chi connectivity index (χ0v) is 19.4. The number of nitrogens with zero attached hydrogens (tertiary/aromatic N) is 1. The Hall–Kier alpha value is -3.13. The lowest BCUT2D eigenvalue weighted by molar-refractivity contribution is 0.0977. The number of hydrogen-bond donors (Lipinski definition) is 2. The zero-order valence-electron chi connectivity index (χ0n) is 17.0. The predicted octanol–water partition coefficient (Wildman–Crippen LogP) is 6.25. The largest absolute Gasteiger partial charge is 0.497 e. The highest BCUT2D eigenvalue weighted by molar-refractivity contribution is 7.80. The fraction of sp³-hybridized carbons (Fsp3) is 0.0870. The number of aryl methyl sites for hydroxylation is 1. The Morgan fingerprint density at radius 2 is 1.84 bits per heavy atom. The monoisotopic (exact) mass is 485 g/mol. The average Bonchev–Trinajstić information content (AvgIpc) is 3.19. The summed E-state index contributed by atoms with van der Waals surface area (Å²) < 4.78 is 10.9. The van der Waals surface area contributed by atoms with Crippen LogP contribution in [-0.4, -0.2) is 23.1 Å². The topological polar surface area (TPSA) is 76.4 Å². The maximum absolute atomic E-state index is 12.4. The number of amides is 1. The molecule has 0 atom stereocenters. The molecule has 3 aromatic carbocycles. The lowest BCUT2D eigenvalue weighted by atomic mass is 10.1. The molecule has 0 spiro atoms. The van der Waals surface area contributed by atoms with E-state index in [4.69, 9.17) is 44.6 Å². The molecule has 0 saturated heterocycles. The van der Waals surface area contributed by atoms with Gasteiger partial charge in [-0.15, -0.1) is 0 Å². The summed E-state index contributed by atoms with van der Waals surface area (Å²) in [5.74, 6) is 0.724. The molecule has 0 radical (unpaired) electrons. The molecule has 0 aliphatic rings. The first-order valence-corrected chi connectivity index (χ1v) is 10.6. The lowest BCUT2D eigenvalue weighted by Gasteiger charge is -2.13. The van der Waals surface area contributed by atoms with Gasteiger partial charge in [-0.3, -0.25) is 10.1 Å². The van der Waals surface area contributed by atoms with E-state index >= 15 is 0 Å². The van der Waals surface area contributed by atoms with Crippen LogP contribution in [0.15, 0.2) is 59.0 Å². The Morgan fingerprint density at radius 1 is 1.09 bits per heavy atom. The lowest BCUT2D eigenvalue weighted by Crippen LogP contribution is -2.34. The number of anilines is 1. The van der Waals surface area contributed by atoms with Crippen molar-refractivity contribution in [1.29, 1.82) is 0 Å². The van der Waals surface area contributed by atoms with Gasteiger partial charge in [-0.25, -0.2) is 4.98 Å². The number of ether oxygens (including phenoxy) is 1. The van der Waals surface area contributed by atoms with Gasteiger partial charge in [0.2, 0.25) is 5.89 Å². The van der Waals surface area contributed by atoms with Crippen molar-refractivity contribution in [2.45, 2.75) is 6.92 Å². The fourth-order valence-electron chi connectivity index (χ4n) is 3.04. The summed E-state index contributed by atoms with van der Waals surface area (Å²) in [5, 5.41) is 6.76. The van der Waals surface area contributed by atoms with E-state index in [0.717, 1.165) is 5.56 Å². The second kappa shape index (κ2) is 9.16. The SMILES string of the molecule is COc1ccc(C(=O)NC(=S)Nc2cc(-c3nc4cc(Cl)cc(Cl)c4o3)ccc2C)cc1. The van der Waals surface area contributed by atoms with Crippen molar-refractivity contribution in [2.24, 2.45) is 0 Å². The maximum Gasteiger partial charge on any atom is 0.257 e. The van der Waals surface area contributed by atoms with E-state index in [-0.39, 0.29) is 11.0 Å². The normalized spacial score (nSPS) is 10.8. The molecule has 32 heavy (non-hydrogen) atoms.